The van der Waals surface area contributed by atoms with E-state index in [1.807, 2.05) is 44.3 Å². The zero-order chi connectivity index (χ0) is 12.4. The molecule has 1 aromatic rings. The van der Waals surface area contributed by atoms with Gasteiger partial charge in [-0.2, -0.15) is 11.8 Å². The molecule has 1 aliphatic rings. The molecular formula is C12H18N2OS2. The molecule has 1 atom stereocenters. The highest BCUT2D eigenvalue weighted by Gasteiger charge is 2.20. The van der Waals surface area contributed by atoms with Crippen molar-refractivity contribution < 1.29 is 0 Å². The average molecular weight is 270 g/mol. The Bertz CT molecular complexity index is 450. The van der Waals surface area contributed by atoms with Gasteiger partial charge in [-0.3, -0.25) is 4.79 Å². The third-order valence-electron chi connectivity index (χ3n) is 2.86. The third kappa shape index (κ3) is 2.88. The highest BCUT2D eigenvalue weighted by Crippen LogP contribution is 2.34. The van der Waals surface area contributed by atoms with Gasteiger partial charge in [0.25, 0.3) is 5.56 Å². The van der Waals surface area contributed by atoms with Crippen LogP contribution in [0.2, 0.25) is 0 Å². The SMILES string of the molecule is Cc1nc(C2CSCCS2)[nH]c(=O)c1C(C)C. The zero-order valence-electron chi connectivity index (χ0n) is 10.4. The monoisotopic (exact) mass is 270 g/mol. The minimum absolute atomic E-state index is 0.0404. The van der Waals surface area contributed by atoms with Gasteiger partial charge < -0.3 is 4.98 Å². The number of aromatic amines is 1. The lowest BCUT2D eigenvalue weighted by Crippen LogP contribution is -2.22. The second kappa shape index (κ2) is 5.48. The number of aromatic nitrogens is 2. The molecule has 1 unspecified atom stereocenters. The summed E-state index contributed by atoms with van der Waals surface area (Å²) >= 11 is 3.83. The van der Waals surface area contributed by atoms with Gasteiger partial charge >= 0.3 is 0 Å². The fourth-order valence-electron chi connectivity index (χ4n) is 2.09. The number of nitrogens with one attached hydrogen (secondary N) is 1. The number of H-pyrrole nitrogens is 1. The summed E-state index contributed by atoms with van der Waals surface area (Å²) in [6.07, 6.45) is 0. The lowest BCUT2D eigenvalue weighted by Gasteiger charge is -2.21. The number of aryl methyl sites for hydroxylation is 1. The molecule has 1 aromatic heterocycles. The Morgan fingerprint density at radius 2 is 2.18 bits per heavy atom. The summed E-state index contributed by atoms with van der Waals surface area (Å²) in [6.45, 7) is 6.00. The van der Waals surface area contributed by atoms with E-state index in [-0.39, 0.29) is 11.5 Å². The van der Waals surface area contributed by atoms with Gasteiger partial charge in [-0.05, 0) is 12.8 Å². The fourth-order valence-corrected chi connectivity index (χ4v) is 4.72. The summed E-state index contributed by atoms with van der Waals surface area (Å²) in [7, 11) is 0. The molecule has 3 nitrogen and oxygen atoms in total. The maximum Gasteiger partial charge on any atom is 0.254 e. The summed E-state index contributed by atoms with van der Waals surface area (Å²) in [5, 5.41) is 0.348. The maximum atomic E-state index is 12.0. The fraction of sp³-hybridized carbons (Fsp3) is 0.667. The van der Waals surface area contributed by atoms with Crippen LogP contribution in [0.5, 0.6) is 0 Å². The van der Waals surface area contributed by atoms with Crippen LogP contribution in [-0.2, 0) is 0 Å². The largest absolute Gasteiger partial charge is 0.309 e. The molecule has 94 valence electrons. The molecule has 0 aromatic carbocycles. The van der Waals surface area contributed by atoms with Gasteiger partial charge in [0.15, 0.2) is 0 Å². The molecule has 0 bridgehead atoms. The summed E-state index contributed by atoms with van der Waals surface area (Å²) in [5.74, 6) is 4.48. The van der Waals surface area contributed by atoms with Crippen LogP contribution in [0, 0.1) is 6.92 Å². The van der Waals surface area contributed by atoms with Crippen molar-refractivity contribution in [3.05, 3.63) is 27.4 Å². The second-order valence-electron chi connectivity index (χ2n) is 4.54. The van der Waals surface area contributed by atoms with Crippen LogP contribution in [0.25, 0.3) is 0 Å². The van der Waals surface area contributed by atoms with Gasteiger partial charge in [0.1, 0.15) is 5.82 Å². The molecule has 0 radical (unpaired) electrons. The van der Waals surface area contributed by atoms with E-state index in [2.05, 4.69) is 9.97 Å². The summed E-state index contributed by atoms with van der Waals surface area (Å²) in [6, 6.07) is 0. The van der Waals surface area contributed by atoms with E-state index in [1.165, 1.54) is 5.75 Å². The van der Waals surface area contributed by atoms with Crippen LogP contribution in [0.3, 0.4) is 0 Å². The molecule has 0 aliphatic carbocycles. The number of thioether (sulfide) groups is 2. The van der Waals surface area contributed by atoms with Crippen LogP contribution in [-0.4, -0.2) is 27.2 Å². The molecular weight excluding hydrogens is 252 g/mol. The summed E-state index contributed by atoms with van der Waals surface area (Å²) in [4.78, 5) is 19.6. The molecule has 1 fully saturated rings. The highest BCUT2D eigenvalue weighted by atomic mass is 32.2. The molecule has 1 saturated heterocycles. The first-order chi connectivity index (χ1) is 8.09. The van der Waals surface area contributed by atoms with Crippen molar-refractivity contribution in [3.8, 4) is 0 Å². The van der Waals surface area contributed by atoms with Crippen molar-refractivity contribution >= 4 is 23.5 Å². The molecule has 0 amide bonds. The molecule has 1 aliphatic heterocycles. The average Bonchev–Trinajstić information content (AvgIpc) is 2.28. The van der Waals surface area contributed by atoms with Gasteiger partial charge in [0.2, 0.25) is 0 Å². The Morgan fingerprint density at radius 3 is 2.71 bits per heavy atom. The predicted octanol–water partition coefficient (Wildman–Crippen LogP) is 2.72. The first kappa shape index (κ1) is 13.0. The second-order valence-corrected chi connectivity index (χ2v) is 7.00. The van der Waals surface area contributed by atoms with E-state index < -0.39 is 0 Å². The van der Waals surface area contributed by atoms with E-state index in [4.69, 9.17) is 0 Å². The van der Waals surface area contributed by atoms with E-state index >= 15 is 0 Å². The van der Waals surface area contributed by atoms with Crippen LogP contribution in [0.15, 0.2) is 4.79 Å². The normalized spacial score (nSPS) is 20.8. The van der Waals surface area contributed by atoms with E-state index in [1.54, 1.807) is 0 Å². The minimum atomic E-state index is 0.0404. The molecule has 0 spiro atoms. The summed E-state index contributed by atoms with van der Waals surface area (Å²) < 4.78 is 0. The van der Waals surface area contributed by atoms with E-state index in [0.717, 1.165) is 28.6 Å². The van der Waals surface area contributed by atoms with Crippen molar-refractivity contribution in [1.29, 1.82) is 0 Å². The van der Waals surface area contributed by atoms with E-state index in [9.17, 15) is 4.79 Å². The number of hydrogen-bond acceptors (Lipinski definition) is 4. The molecule has 17 heavy (non-hydrogen) atoms. The maximum absolute atomic E-state index is 12.0. The van der Waals surface area contributed by atoms with Gasteiger partial charge in [-0.15, -0.1) is 11.8 Å². The van der Waals surface area contributed by atoms with Crippen molar-refractivity contribution in [2.75, 3.05) is 17.3 Å². The van der Waals surface area contributed by atoms with Gasteiger partial charge in [-0.25, -0.2) is 4.98 Å². The highest BCUT2D eigenvalue weighted by molar-refractivity contribution is 8.06. The molecule has 2 heterocycles. The van der Waals surface area contributed by atoms with Crippen molar-refractivity contribution in [3.63, 3.8) is 0 Å². The van der Waals surface area contributed by atoms with Crippen molar-refractivity contribution in [1.82, 2.24) is 9.97 Å². The Labute approximate surface area is 110 Å². The van der Waals surface area contributed by atoms with Crippen LogP contribution in [0.4, 0.5) is 0 Å². The molecule has 0 saturated carbocycles. The third-order valence-corrected chi connectivity index (χ3v) is 5.63. The standard InChI is InChI=1S/C12H18N2OS2/c1-7(2)10-8(3)13-11(14-12(10)15)9-6-16-4-5-17-9/h7,9H,4-6H2,1-3H3,(H,13,14,15). The van der Waals surface area contributed by atoms with Gasteiger partial charge in [-0.1, -0.05) is 13.8 Å². The molecule has 1 N–H and O–H groups in total. The number of nitrogens with zero attached hydrogens (tertiary/aromatic N) is 1. The zero-order valence-corrected chi connectivity index (χ0v) is 12.1. The molecule has 5 heteroatoms. The van der Waals surface area contributed by atoms with Gasteiger partial charge in [0, 0.05) is 28.5 Å². The quantitative estimate of drug-likeness (QED) is 0.897. The Morgan fingerprint density at radius 1 is 1.41 bits per heavy atom. The lowest BCUT2D eigenvalue weighted by molar-refractivity contribution is 0.784. The number of rotatable bonds is 2. The van der Waals surface area contributed by atoms with Crippen molar-refractivity contribution in [2.45, 2.75) is 31.9 Å². The molecule has 2 rings (SSSR count). The predicted molar refractivity (Wildman–Crippen MR) is 76.2 cm³/mol. The van der Waals surface area contributed by atoms with E-state index in [0.29, 0.717) is 5.25 Å². The Kier molecular flexibility index (Phi) is 4.20. The first-order valence-electron chi connectivity index (χ1n) is 5.89. The van der Waals surface area contributed by atoms with Crippen LogP contribution in [0.1, 0.15) is 42.1 Å². The number of hydrogen-bond donors (Lipinski definition) is 1. The lowest BCUT2D eigenvalue weighted by atomic mass is 10.0. The first-order valence-corrected chi connectivity index (χ1v) is 8.10. The Balaban J connectivity index is 2.34. The Hall–Kier alpha value is -0.420. The topological polar surface area (TPSA) is 45.8 Å². The smallest absolute Gasteiger partial charge is 0.254 e. The van der Waals surface area contributed by atoms with Gasteiger partial charge in [0.05, 0.1) is 5.25 Å². The van der Waals surface area contributed by atoms with Crippen molar-refractivity contribution in [2.24, 2.45) is 0 Å². The summed E-state index contributed by atoms with van der Waals surface area (Å²) in [5.41, 5.74) is 1.75. The minimum Gasteiger partial charge on any atom is -0.309 e. The van der Waals surface area contributed by atoms with Crippen LogP contribution < -0.4 is 5.56 Å². The van der Waals surface area contributed by atoms with Crippen LogP contribution >= 0.6 is 23.5 Å².